The molecular formula is C19H26. The molecule has 2 aliphatic rings. The number of benzene rings is 1. The highest BCUT2D eigenvalue weighted by Crippen LogP contribution is 2.48. The van der Waals surface area contributed by atoms with E-state index in [0.717, 1.165) is 23.7 Å². The van der Waals surface area contributed by atoms with Crippen molar-refractivity contribution < 1.29 is 0 Å². The number of hydrogen-bond donors (Lipinski definition) is 0. The lowest BCUT2D eigenvalue weighted by Crippen LogP contribution is -2.31. The van der Waals surface area contributed by atoms with Gasteiger partial charge in [-0.25, -0.2) is 0 Å². The van der Waals surface area contributed by atoms with E-state index in [2.05, 4.69) is 57.2 Å². The van der Waals surface area contributed by atoms with Gasteiger partial charge < -0.3 is 0 Å². The van der Waals surface area contributed by atoms with E-state index in [4.69, 9.17) is 0 Å². The Balaban J connectivity index is 1.90. The molecule has 0 N–H and O–H groups in total. The summed E-state index contributed by atoms with van der Waals surface area (Å²) in [6.45, 7) is 7.27. The molecule has 0 aromatic heterocycles. The molecule has 0 amide bonds. The highest BCUT2D eigenvalue weighted by atomic mass is 14.4. The normalized spacial score (nSPS) is 33.7. The lowest BCUT2D eigenvalue weighted by molar-refractivity contribution is 0.133. The molecule has 2 aliphatic carbocycles. The maximum atomic E-state index is 2.47. The molecule has 2 unspecified atom stereocenters. The van der Waals surface area contributed by atoms with Crippen LogP contribution >= 0.6 is 0 Å². The number of rotatable bonds is 2. The summed E-state index contributed by atoms with van der Waals surface area (Å²) >= 11 is 0. The van der Waals surface area contributed by atoms with Gasteiger partial charge in [0.1, 0.15) is 0 Å². The van der Waals surface area contributed by atoms with E-state index in [9.17, 15) is 0 Å². The fourth-order valence-electron chi connectivity index (χ4n) is 4.34. The van der Waals surface area contributed by atoms with Gasteiger partial charge in [-0.15, -0.1) is 0 Å². The van der Waals surface area contributed by atoms with Crippen molar-refractivity contribution in [1.29, 1.82) is 0 Å². The first-order chi connectivity index (χ1) is 9.16. The topological polar surface area (TPSA) is 0 Å². The zero-order valence-electron chi connectivity index (χ0n) is 12.5. The maximum absolute atomic E-state index is 2.47. The minimum absolute atomic E-state index is 0.673. The molecular weight excluding hydrogens is 228 g/mol. The van der Waals surface area contributed by atoms with Gasteiger partial charge in [0.2, 0.25) is 0 Å². The molecule has 0 saturated heterocycles. The van der Waals surface area contributed by atoms with E-state index in [0.29, 0.717) is 5.92 Å². The Bertz CT molecular complexity index is 469. The Morgan fingerprint density at radius 3 is 2.68 bits per heavy atom. The summed E-state index contributed by atoms with van der Waals surface area (Å²) in [4.78, 5) is 0. The molecule has 0 heteroatoms. The quantitative estimate of drug-likeness (QED) is 0.653. The average Bonchev–Trinajstić information content (AvgIpc) is 2.82. The van der Waals surface area contributed by atoms with Crippen LogP contribution in [-0.2, 0) is 0 Å². The average molecular weight is 254 g/mol. The van der Waals surface area contributed by atoms with Crippen molar-refractivity contribution in [1.82, 2.24) is 0 Å². The van der Waals surface area contributed by atoms with Crippen molar-refractivity contribution in [2.45, 2.75) is 46.0 Å². The number of allylic oxidation sites excluding steroid dienone is 1. The lowest BCUT2D eigenvalue weighted by Gasteiger charge is -2.40. The third kappa shape index (κ3) is 2.38. The van der Waals surface area contributed by atoms with Crippen LogP contribution in [0.1, 0.15) is 57.1 Å². The molecule has 19 heavy (non-hydrogen) atoms. The van der Waals surface area contributed by atoms with Crippen molar-refractivity contribution in [3.63, 3.8) is 0 Å². The summed E-state index contributed by atoms with van der Waals surface area (Å²) in [7, 11) is 0. The first-order valence-corrected chi connectivity index (χ1v) is 7.94. The van der Waals surface area contributed by atoms with Crippen LogP contribution in [0.3, 0.4) is 0 Å². The Labute approximate surface area is 117 Å². The van der Waals surface area contributed by atoms with Crippen LogP contribution in [0.15, 0.2) is 30.3 Å². The molecule has 1 fully saturated rings. The zero-order chi connectivity index (χ0) is 13.4. The molecule has 0 heterocycles. The van der Waals surface area contributed by atoms with Crippen LogP contribution in [-0.4, -0.2) is 0 Å². The summed E-state index contributed by atoms with van der Waals surface area (Å²) < 4.78 is 0. The highest BCUT2D eigenvalue weighted by molar-refractivity contribution is 5.62. The third-order valence-corrected chi connectivity index (χ3v) is 5.37. The van der Waals surface area contributed by atoms with E-state index >= 15 is 0 Å². The Morgan fingerprint density at radius 2 is 1.89 bits per heavy atom. The van der Waals surface area contributed by atoms with Crippen molar-refractivity contribution in [2.75, 3.05) is 0 Å². The first kappa shape index (κ1) is 13.0. The van der Waals surface area contributed by atoms with Gasteiger partial charge in [-0.1, -0.05) is 63.6 Å². The van der Waals surface area contributed by atoms with Crippen molar-refractivity contribution >= 4 is 6.08 Å². The maximum Gasteiger partial charge on any atom is 0.00583 e. The van der Waals surface area contributed by atoms with Crippen molar-refractivity contribution in [3.05, 3.63) is 41.5 Å². The van der Waals surface area contributed by atoms with Crippen LogP contribution in [0.2, 0.25) is 0 Å². The molecule has 102 valence electrons. The lowest BCUT2D eigenvalue weighted by atomic mass is 9.64. The van der Waals surface area contributed by atoms with Crippen LogP contribution < -0.4 is 0 Å². The molecule has 0 aliphatic heterocycles. The van der Waals surface area contributed by atoms with Gasteiger partial charge in [0.15, 0.2) is 0 Å². The van der Waals surface area contributed by atoms with Gasteiger partial charge >= 0.3 is 0 Å². The predicted octanol–water partition coefficient (Wildman–Crippen LogP) is 5.51. The van der Waals surface area contributed by atoms with E-state index in [1.54, 1.807) is 5.56 Å². The second-order valence-corrected chi connectivity index (χ2v) is 7.00. The smallest absolute Gasteiger partial charge is 0.00583 e. The molecule has 0 bridgehead atoms. The molecule has 0 spiro atoms. The summed E-state index contributed by atoms with van der Waals surface area (Å²) in [5.74, 6) is 4.15. The van der Waals surface area contributed by atoms with Gasteiger partial charge in [-0.3, -0.25) is 0 Å². The summed E-state index contributed by atoms with van der Waals surface area (Å²) in [6.07, 6.45) is 9.08. The van der Waals surface area contributed by atoms with Gasteiger partial charge in [0.05, 0.1) is 0 Å². The molecule has 0 radical (unpaired) electrons. The molecule has 1 saturated carbocycles. The second kappa shape index (κ2) is 5.15. The van der Waals surface area contributed by atoms with Gasteiger partial charge in [-0.2, -0.15) is 0 Å². The van der Waals surface area contributed by atoms with Crippen LogP contribution in [0.5, 0.6) is 0 Å². The summed E-state index contributed by atoms with van der Waals surface area (Å²) in [5, 5.41) is 0. The monoisotopic (exact) mass is 254 g/mol. The SMILES string of the molecule is CC1CC[C@@H](C(C)C)[C@@H](C2C=Cc3ccccc32)C1. The van der Waals surface area contributed by atoms with Crippen molar-refractivity contribution in [2.24, 2.45) is 23.7 Å². The van der Waals surface area contributed by atoms with E-state index in [1.165, 1.54) is 24.8 Å². The van der Waals surface area contributed by atoms with E-state index < -0.39 is 0 Å². The number of fused-ring (bicyclic) bond motifs is 1. The molecule has 1 aromatic carbocycles. The fraction of sp³-hybridized carbons (Fsp3) is 0.579. The molecule has 3 rings (SSSR count). The standard InChI is InChI=1S/C19H26/c1-13(2)16-10-8-14(3)12-19(16)18-11-9-15-6-4-5-7-17(15)18/h4-7,9,11,13-14,16,18-19H,8,10,12H2,1-3H3/t14?,16-,18?,19-/m0/s1. The molecule has 0 nitrogen and oxygen atoms in total. The Hall–Kier alpha value is -1.04. The van der Waals surface area contributed by atoms with E-state index in [1.807, 2.05) is 0 Å². The van der Waals surface area contributed by atoms with Gasteiger partial charge in [0.25, 0.3) is 0 Å². The minimum atomic E-state index is 0.673. The Kier molecular flexibility index (Phi) is 3.52. The van der Waals surface area contributed by atoms with Crippen LogP contribution in [0.4, 0.5) is 0 Å². The van der Waals surface area contributed by atoms with Crippen LogP contribution in [0.25, 0.3) is 6.08 Å². The largest absolute Gasteiger partial charge is 0.0761 e. The minimum Gasteiger partial charge on any atom is -0.0761 e. The summed E-state index contributed by atoms with van der Waals surface area (Å²) in [5.41, 5.74) is 3.03. The third-order valence-electron chi connectivity index (χ3n) is 5.37. The van der Waals surface area contributed by atoms with Gasteiger partial charge in [-0.05, 0) is 47.6 Å². The predicted molar refractivity (Wildman–Crippen MR) is 83.1 cm³/mol. The van der Waals surface area contributed by atoms with Crippen molar-refractivity contribution in [3.8, 4) is 0 Å². The van der Waals surface area contributed by atoms with Crippen LogP contribution in [0, 0.1) is 23.7 Å². The molecule has 4 atom stereocenters. The first-order valence-electron chi connectivity index (χ1n) is 7.94. The zero-order valence-corrected chi connectivity index (χ0v) is 12.5. The summed E-state index contributed by atoms with van der Waals surface area (Å²) in [6, 6.07) is 8.98. The second-order valence-electron chi connectivity index (χ2n) is 7.00. The van der Waals surface area contributed by atoms with Gasteiger partial charge in [0, 0.05) is 5.92 Å². The molecule has 1 aromatic rings. The number of hydrogen-bond acceptors (Lipinski definition) is 0. The Morgan fingerprint density at radius 1 is 1.11 bits per heavy atom. The van der Waals surface area contributed by atoms with E-state index in [-0.39, 0.29) is 0 Å². The fourth-order valence-corrected chi connectivity index (χ4v) is 4.34. The highest BCUT2D eigenvalue weighted by Gasteiger charge is 2.37.